The smallest absolute Gasteiger partial charge is 0.268 e. The zero-order valence-electron chi connectivity index (χ0n) is 13.8. The summed E-state index contributed by atoms with van der Waals surface area (Å²) in [6.07, 6.45) is -4.23. The van der Waals surface area contributed by atoms with E-state index in [0.717, 1.165) is 6.07 Å². The van der Waals surface area contributed by atoms with Gasteiger partial charge in [0.15, 0.2) is 0 Å². The Bertz CT molecular complexity index is 1070. The zero-order valence-corrected chi connectivity index (χ0v) is 15.9. The van der Waals surface area contributed by atoms with Crippen molar-refractivity contribution in [3.63, 3.8) is 0 Å². The molecule has 0 spiro atoms. The van der Waals surface area contributed by atoms with Crippen molar-refractivity contribution < 1.29 is 17.6 Å². The second-order valence-electron chi connectivity index (χ2n) is 5.75. The Morgan fingerprint density at radius 3 is 2.54 bits per heavy atom. The van der Waals surface area contributed by atoms with Crippen molar-refractivity contribution in [2.24, 2.45) is 0 Å². The molecule has 0 radical (unpaired) electrons. The Morgan fingerprint density at radius 2 is 1.92 bits per heavy atom. The maximum atomic E-state index is 13.8. The van der Waals surface area contributed by atoms with Gasteiger partial charge in [0.25, 0.3) is 5.56 Å². The number of aryl methyl sites for hydroxylation is 1. The van der Waals surface area contributed by atoms with Crippen LogP contribution in [0.3, 0.4) is 0 Å². The lowest BCUT2D eigenvalue weighted by Crippen LogP contribution is -2.25. The molecule has 0 aliphatic carbocycles. The van der Waals surface area contributed by atoms with Crippen molar-refractivity contribution in [2.45, 2.75) is 26.4 Å². The summed E-state index contributed by atoms with van der Waals surface area (Å²) in [7, 11) is 0. The number of benzene rings is 2. The fourth-order valence-corrected chi connectivity index (χ4v) is 3.35. The summed E-state index contributed by atoms with van der Waals surface area (Å²) in [4.78, 5) is 17.3. The monoisotopic (exact) mass is 476 g/mol. The van der Waals surface area contributed by atoms with Gasteiger partial charge < -0.3 is 0 Å². The highest BCUT2D eigenvalue weighted by molar-refractivity contribution is 14.1. The molecular formula is C18H13F4IN2O. The third kappa shape index (κ3) is 3.10. The highest BCUT2D eigenvalue weighted by atomic mass is 127. The van der Waals surface area contributed by atoms with E-state index in [1.165, 1.54) is 35.8 Å². The van der Waals surface area contributed by atoms with Crippen LogP contribution in [0.5, 0.6) is 0 Å². The topological polar surface area (TPSA) is 34.9 Å². The number of fused-ring (bicyclic) bond motifs is 1. The fraction of sp³-hybridized carbons (Fsp3) is 0.222. The van der Waals surface area contributed by atoms with E-state index in [1.54, 1.807) is 29.5 Å². The summed E-state index contributed by atoms with van der Waals surface area (Å²) in [5.41, 5.74) is -1.08. The van der Waals surface area contributed by atoms with Crippen LogP contribution in [0.2, 0.25) is 0 Å². The van der Waals surface area contributed by atoms with Crippen LogP contribution in [0.1, 0.15) is 23.9 Å². The lowest BCUT2D eigenvalue weighted by Gasteiger charge is -2.18. The number of aromatic nitrogens is 2. The summed E-state index contributed by atoms with van der Waals surface area (Å²) in [5.74, 6) is -0.231. The van der Waals surface area contributed by atoms with E-state index in [4.69, 9.17) is 0 Å². The van der Waals surface area contributed by atoms with E-state index in [9.17, 15) is 22.4 Å². The molecule has 1 heterocycles. The van der Waals surface area contributed by atoms with Crippen LogP contribution in [0.25, 0.3) is 16.6 Å². The molecule has 0 aliphatic heterocycles. The Balaban J connectivity index is 2.41. The first-order valence-corrected chi connectivity index (χ1v) is 8.81. The molecule has 26 heavy (non-hydrogen) atoms. The largest absolute Gasteiger partial charge is 0.416 e. The second-order valence-corrected chi connectivity index (χ2v) is 6.92. The number of hydrogen-bond acceptors (Lipinski definition) is 2. The number of nitrogens with zero attached hydrogens (tertiary/aromatic N) is 2. The van der Waals surface area contributed by atoms with E-state index >= 15 is 0 Å². The van der Waals surface area contributed by atoms with Crippen LogP contribution >= 0.6 is 22.6 Å². The molecule has 0 amide bonds. The molecule has 1 aromatic heterocycles. The molecule has 0 bridgehead atoms. The van der Waals surface area contributed by atoms with Crippen LogP contribution in [-0.2, 0) is 12.6 Å². The first-order chi connectivity index (χ1) is 12.1. The number of halogens is 5. The minimum atomic E-state index is -4.53. The van der Waals surface area contributed by atoms with Gasteiger partial charge in [-0.3, -0.25) is 9.36 Å². The number of alkyl halides is 3. The van der Waals surface area contributed by atoms with Crippen LogP contribution in [-0.4, -0.2) is 9.55 Å². The van der Waals surface area contributed by atoms with Gasteiger partial charge in [-0.1, -0.05) is 13.0 Å². The predicted octanol–water partition coefficient (Wildman–Crippen LogP) is 5.02. The third-order valence-corrected chi connectivity index (χ3v) is 4.97. The molecule has 0 N–H and O–H groups in total. The van der Waals surface area contributed by atoms with Crippen LogP contribution in [0.15, 0.2) is 35.1 Å². The summed E-state index contributed by atoms with van der Waals surface area (Å²) in [6, 6.07) is 6.21. The molecule has 0 atom stereocenters. The molecule has 0 fully saturated rings. The Hall–Kier alpha value is -1.97. The number of rotatable bonds is 2. The van der Waals surface area contributed by atoms with Crippen LogP contribution in [0.4, 0.5) is 17.6 Å². The third-order valence-electron chi connectivity index (χ3n) is 4.15. The van der Waals surface area contributed by atoms with Gasteiger partial charge in [0.05, 0.1) is 22.2 Å². The Labute approximate surface area is 159 Å². The quantitative estimate of drug-likeness (QED) is 0.385. The van der Waals surface area contributed by atoms with E-state index in [0.29, 0.717) is 6.42 Å². The zero-order chi connectivity index (χ0) is 19.2. The summed E-state index contributed by atoms with van der Waals surface area (Å²) < 4.78 is 54.9. The SMILES string of the molecule is CCc1nc2cc(F)c(I)cc2c(=O)n1-c1cccc(C(F)(F)F)c1C. The van der Waals surface area contributed by atoms with Crippen molar-refractivity contribution in [3.05, 3.63) is 67.0 Å². The van der Waals surface area contributed by atoms with Crippen molar-refractivity contribution in [3.8, 4) is 5.69 Å². The highest BCUT2D eigenvalue weighted by Crippen LogP contribution is 2.34. The minimum absolute atomic E-state index is 0.0604. The molecule has 0 saturated heterocycles. The highest BCUT2D eigenvalue weighted by Gasteiger charge is 2.33. The number of hydrogen-bond donors (Lipinski definition) is 0. The van der Waals surface area contributed by atoms with Crippen LogP contribution in [0, 0.1) is 16.3 Å². The molecule has 0 saturated carbocycles. The molecule has 0 aliphatic rings. The van der Waals surface area contributed by atoms with Gasteiger partial charge in [-0.05, 0) is 53.3 Å². The first kappa shape index (κ1) is 18.8. The fourth-order valence-electron chi connectivity index (χ4n) is 2.89. The molecule has 0 unspecified atom stereocenters. The van der Waals surface area contributed by atoms with Crippen molar-refractivity contribution in [1.29, 1.82) is 0 Å². The maximum absolute atomic E-state index is 13.8. The minimum Gasteiger partial charge on any atom is -0.268 e. The summed E-state index contributed by atoms with van der Waals surface area (Å²) >= 11 is 1.76. The first-order valence-electron chi connectivity index (χ1n) is 7.73. The van der Waals surface area contributed by atoms with Gasteiger partial charge in [-0.15, -0.1) is 0 Å². The summed E-state index contributed by atoms with van der Waals surface area (Å²) in [6.45, 7) is 3.05. The van der Waals surface area contributed by atoms with Gasteiger partial charge in [0.1, 0.15) is 11.6 Å². The Kier molecular flexibility index (Phi) is 4.80. The molecule has 2 aromatic carbocycles. The molecule has 8 heteroatoms. The maximum Gasteiger partial charge on any atom is 0.416 e. The van der Waals surface area contributed by atoms with E-state index in [-0.39, 0.29) is 31.5 Å². The van der Waals surface area contributed by atoms with Crippen LogP contribution < -0.4 is 5.56 Å². The standard InChI is InChI=1S/C18H13F4IN2O/c1-3-16-24-14-8-12(19)13(23)7-10(14)17(26)25(16)15-6-4-5-11(9(15)2)18(20,21)22/h4-8H,3H2,1-2H3. The van der Waals surface area contributed by atoms with Crippen molar-refractivity contribution in [1.82, 2.24) is 9.55 Å². The lowest BCUT2D eigenvalue weighted by molar-refractivity contribution is -0.138. The van der Waals surface area contributed by atoms with Crippen molar-refractivity contribution in [2.75, 3.05) is 0 Å². The Morgan fingerprint density at radius 1 is 1.23 bits per heavy atom. The summed E-state index contributed by atoms with van der Waals surface area (Å²) in [5, 5.41) is 0.157. The predicted molar refractivity (Wildman–Crippen MR) is 99.1 cm³/mol. The average Bonchev–Trinajstić information content (AvgIpc) is 2.56. The van der Waals surface area contributed by atoms with Gasteiger partial charge in [0, 0.05) is 16.1 Å². The van der Waals surface area contributed by atoms with Gasteiger partial charge in [-0.2, -0.15) is 13.2 Å². The second kappa shape index (κ2) is 6.64. The van der Waals surface area contributed by atoms with Gasteiger partial charge >= 0.3 is 6.18 Å². The molecule has 136 valence electrons. The molecule has 3 nitrogen and oxygen atoms in total. The van der Waals surface area contributed by atoms with E-state index in [2.05, 4.69) is 4.98 Å². The van der Waals surface area contributed by atoms with E-state index < -0.39 is 23.1 Å². The lowest BCUT2D eigenvalue weighted by atomic mass is 10.1. The van der Waals surface area contributed by atoms with Crippen molar-refractivity contribution >= 4 is 33.5 Å². The van der Waals surface area contributed by atoms with Gasteiger partial charge in [0.2, 0.25) is 0 Å². The van der Waals surface area contributed by atoms with E-state index in [1.807, 2.05) is 0 Å². The molecule has 3 rings (SSSR count). The molecule has 3 aromatic rings. The van der Waals surface area contributed by atoms with Gasteiger partial charge in [-0.25, -0.2) is 9.37 Å². The normalized spacial score (nSPS) is 12.0. The molecular weight excluding hydrogens is 463 g/mol. The average molecular weight is 476 g/mol.